The van der Waals surface area contributed by atoms with Gasteiger partial charge in [-0.3, -0.25) is 0 Å². The van der Waals surface area contributed by atoms with Gasteiger partial charge < -0.3 is 13.9 Å². The highest BCUT2D eigenvalue weighted by Gasteiger charge is 2.15. The summed E-state index contributed by atoms with van der Waals surface area (Å²) in [6.07, 6.45) is 2.25. The number of benzene rings is 1. The number of halogens is 1. The van der Waals surface area contributed by atoms with Gasteiger partial charge in [-0.05, 0) is 30.7 Å². The van der Waals surface area contributed by atoms with E-state index in [1.54, 1.807) is 14.2 Å². The van der Waals surface area contributed by atoms with Gasteiger partial charge in [-0.25, -0.2) is 0 Å². The fourth-order valence-corrected chi connectivity index (χ4v) is 2.62. The van der Waals surface area contributed by atoms with Gasteiger partial charge in [0.1, 0.15) is 28.0 Å². The Labute approximate surface area is 130 Å². The van der Waals surface area contributed by atoms with E-state index in [1.165, 1.54) is 0 Å². The lowest BCUT2D eigenvalue weighted by atomic mass is 10.0. The number of hydrogen-bond acceptors (Lipinski definition) is 3. The van der Waals surface area contributed by atoms with Gasteiger partial charge in [0.2, 0.25) is 0 Å². The van der Waals surface area contributed by atoms with Crippen molar-refractivity contribution in [3.8, 4) is 22.8 Å². The molecule has 1 heterocycles. The highest BCUT2D eigenvalue weighted by Crippen LogP contribution is 2.39. The van der Waals surface area contributed by atoms with E-state index in [4.69, 9.17) is 25.5 Å². The minimum absolute atomic E-state index is 0.417. The van der Waals surface area contributed by atoms with Crippen LogP contribution in [0.2, 0.25) is 5.02 Å². The molecular weight excluding hydrogens is 288 g/mol. The molecule has 0 fully saturated rings. The van der Waals surface area contributed by atoms with Crippen LogP contribution in [0.5, 0.6) is 11.5 Å². The summed E-state index contributed by atoms with van der Waals surface area (Å²) >= 11 is 6.18. The summed E-state index contributed by atoms with van der Waals surface area (Å²) in [5, 5.41) is 0.467. The quantitative estimate of drug-likeness (QED) is 0.704. The van der Waals surface area contributed by atoms with E-state index in [0.717, 1.165) is 29.9 Å². The summed E-state index contributed by atoms with van der Waals surface area (Å²) in [6.45, 7) is 4.35. The first kappa shape index (κ1) is 15.8. The third kappa shape index (κ3) is 3.35. The Bertz CT molecular complexity index is 579. The molecule has 0 N–H and O–H groups in total. The minimum Gasteiger partial charge on any atom is -0.495 e. The summed E-state index contributed by atoms with van der Waals surface area (Å²) in [7, 11) is 3.17. The topological polar surface area (TPSA) is 31.6 Å². The van der Waals surface area contributed by atoms with E-state index in [9.17, 15) is 0 Å². The van der Waals surface area contributed by atoms with Crippen molar-refractivity contribution < 1.29 is 13.9 Å². The maximum absolute atomic E-state index is 6.18. The van der Waals surface area contributed by atoms with Crippen LogP contribution in [-0.4, -0.2) is 14.2 Å². The number of furan rings is 1. The van der Waals surface area contributed by atoms with Crippen molar-refractivity contribution >= 4 is 11.6 Å². The maximum Gasteiger partial charge on any atom is 0.141 e. The maximum atomic E-state index is 6.18. The van der Waals surface area contributed by atoms with Crippen LogP contribution in [-0.2, 0) is 0 Å². The highest BCUT2D eigenvalue weighted by atomic mass is 35.5. The van der Waals surface area contributed by atoms with Crippen molar-refractivity contribution in [2.45, 2.75) is 32.6 Å². The molecule has 0 amide bonds. The van der Waals surface area contributed by atoms with E-state index < -0.39 is 0 Å². The fraction of sp³-hybridized carbons (Fsp3) is 0.412. The van der Waals surface area contributed by atoms with Crippen LogP contribution < -0.4 is 9.47 Å². The molecule has 0 bridgehead atoms. The van der Waals surface area contributed by atoms with Crippen LogP contribution in [0.25, 0.3) is 11.3 Å². The van der Waals surface area contributed by atoms with E-state index >= 15 is 0 Å². The van der Waals surface area contributed by atoms with Crippen molar-refractivity contribution in [1.82, 2.24) is 0 Å². The molecule has 1 aromatic carbocycles. The standard InChI is InChI=1S/C17H21ClO3/c1-5-6-11(2)13-7-8-14(21-13)12-9-15(19-3)17(18)16(10-12)20-4/h7-11H,5-6H2,1-4H3. The molecule has 0 aliphatic rings. The Hall–Kier alpha value is -1.61. The second-order valence-corrected chi connectivity index (χ2v) is 5.46. The van der Waals surface area contributed by atoms with E-state index in [0.29, 0.717) is 22.4 Å². The number of methoxy groups -OCH3 is 2. The van der Waals surface area contributed by atoms with Gasteiger partial charge in [0.25, 0.3) is 0 Å². The Morgan fingerprint density at radius 3 is 2.29 bits per heavy atom. The first-order valence-electron chi connectivity index (χ1n) is 7.12. The molecule has 21 heavy (non-hydrogen) atoms. The zero-order chi connectivity index (χ0) is 15.4. The largest absolute Gasteiger partial charge is 0.495 e. The van der Waals surface area contributed by atoms with Crippen molar-refractivity contribution in [1.29, 1.82) is 0 Å². The lowest BCUT2D eigenvalue weighted by Crippen LogP contribution is -1.91. The van der Waals surface area contributed by atoms with Gasteiger partial charge in [-0.15, -0.1) is 0 Å². The van der Waals surface area contributed by atoms with Gasteiger partial charge in [0.05, 0.1) is 14.2 Å². The molecule has 0 aliphatic carbocycles. The first-order chi connectivity index (χ1) is 10.1. The van der Waals surface area contributed by atoms with Gasteiger partial charge in [-0.2, -0.15) is 0 Å². The summed E-state index contributed by atoms with van der Waals surface area (Å²) in [5.41, 5.74) is 0.892. The zero-order valence-electron chi connectivity index (χ0n) is 12.9. The van der Waals surface area contributed by atoms with Gasteiger partial charge >= 0.3 is 0 Å². The number of ether oxygens (including phenoxy) is 2. The normalized spacial score (nSPS) is 12.2. The molecule has 114 valence electrons. The van der Waals surface area contributed by atoms with Gasteiger partial charge in [0.15, 0.2) is 0 Å². The molecule has 2 rings (SSSR count). The molecular formula is C17H21ClO3. The van der Waals surface area contributed by atoms with Crippen molar-refractivity contribution in [2.24, 2.45) is 0 Å². The van der Waals surface area contributed by atoms with Crippen molar-refractivity contribution in [2.75, 3.05) is 14.2 Å². The minimum atomic E-state index is 0.417. The fourth-order valence-electron chi connectivity index (χ4n) is 2.36. The smallest absolute Gasteiger partial charge is 0.141 e. The molecule has 0 radical (unpaired) electrons. The predicted octanol–water partition coefficient (Wildman–Crippen LogP) is 5.52. The summed E-state index contributed by atoms with van der Waals surface area (Å²) in [6, 6.07) is 7.72. The van der Waals surface area contributed by atoms with Crippen molar-refractivity contribution in [3.63, 3.8) is 0 Å². The Morgan fingerprint density at radius 2 is 1.76 bits per heavy atom. The molecule has 1 aromatic heterocycles. The van der Waals surface area contributed by atoms with Gasteiger partial charge in [-0.1, -0.05) is 31.9 Å². The van der Waals surface area contributed by atoms with Gasteiger partial charge in [0, 0.05) is 11.5 Å². The summed E-state index contributed by atoms with van der Waals surface area (Å²) in [4.78, 5) is 0. The second-order valence-electron chi connectivity index (χ2n) is 5.09. The Morgan fingerprint density at radius 1 is 1.14 bits per heavy atom. The SMILES string of the molecule is CCCC(C)c1ccc(-c2cc(OC)c(Cl)c(OC)c2)o1. The number of rotatable bonds is 6. The molecule has 0 aliphatic heterocycles. The molecule has 0 saturated heterocycles. The van der Waals surface area contributed by atoms with E-state index in [2.05, 4.69) is 13.8 Å². The average molecular weight is 309 g/mol. The van der Waals surface area contributed by atoms with E-state index in [-0.39, 0.29) is 0 Å². The molecule has 2 aromatic rings. The van der Waals surface area contributed by atoms with E-state index in [1.807, 2.05) is 24.3 Å². The zero-order valence-corrected chi connectivity index (χ0v) is 13.7. The van der Waals surface area contributed by atoms with Crippen LogP contribution in [0.3, 0.4) is 0 Å². The lowest BCUT2D eigenvalue weighted by Gasteiger charge is -2.10. The molecule has 4 heteroatoms. The monoisotopic (exact) mass is 308 g/mol. The average Bonchev–Trinajstić information content (AvgIpc) is 2.97. The number of hydrogen-bond donors (Lipinski definition) is 0. The summed E-state index contributed by atoms with van der Waals surface area (Å²) < 4.78 is 16.5. The van der Waals surface area contributed by atoms with Crippen molar-refractivity contribution in [3.05, 3.63) is 35.0 Å². The molecule has 1 unspecified atom stereocenters. The second kappa shape index (κ2) is 6.90. The third-order valence-corrected chi connectivity index (χ3v) is 3.94. The third-order valence-electron chi connectivity index (χ3n) is 3.56. The Kier molecular flexibility index (Phi) is 5.18. The molecule has 0 saturated carbocycles. The van der Waals surface area contributed by atoms with Crippen LogP contribution in [0.4, 0.5) is 0 Å². The van der Waals surface area contributed by atoms with Crippen LogP contribution >= 0.6 is 11.6 Å². The Balaban J connectivity index is 2.38. The predicted molar refractivity (Wildman–Crippen MR) is 85.6 cm³/mol. The van der Waals surface area contributed by atoms with Crippen LogP contribution in [0.1, 0.15) is 38.4 Å². The lowest BCUT2D eigenvalue weighted by molar-refractivity contribution is 0.394. The van der Waals surface area contributed by atoms with Crippen LogP contribution in [0.15, 0.2) is 28.7 Å². The first-order valence-corrected chi connectivity index (χ1v) is 7.50. The molecule has 3 nitrogen and oxygen atoms in total. The highest BCUT2D eigenvalue weighted by molar-refractivity contribution is 6.33. The summed E-state index contributed by atoms with van der Waals surface area (Å²) in [5.74, 6) is 3.36. The molecule has 1 atom stereocenters. The molecule has 0 spiro atoms. The van der Waals surface area contributed by atoms with Crippen LogP contribution in [0, 0.1) is 0 Å².